The number of piperazine rings is 1. The van der Waals surface area contributed by atoms with Crippen molar-refractivity contribution in [3.63, 3.8) is 0 Å². The van der Waals surface area contributed by atoms with Crippen molar-refractivity contribution in [2.45, 2.75) is 11.8 Å². The number of para-hydroxylation sites is 1. The molecular formula is C18H17Cl2N3O5S. The third-order valence-corrected chi connectivity index (χ3v) is 7.34. The summed E-state index contributed by atoms with van der Waals surface area (Å²) in [5, 5.41) is 11.7. The van der Waals surface area contributed by atoms with E-state index in [2.05, 4.69) is 0 Å². The largest absolute Gasteiger partial charge is 0.336 e. The van der Waals surface area contributed by atoms with Gasteiger partial charge in [-0.1, -0.05) is 35.3 Å². The first-order valence-electron chi connectivity index (χ1n) is 8.61. The maximum absolute atomic E-state index is 12.8. The molecule has 1 heterocycles. The second-order valence-electron chi connectivity index (χ2n) is 6.50. The number of sulfonamides is 1. The molecule has 11 heteroatoms. The molecule has 0 bridgehead atoms. The molecular weight excluding hydrogens is 441 g/mol. The van der Waals surface area contributed by atoms with Gasteiger partial charge in [-0.2, -0.15) is 4.31 Å². The molecule has 1 fully saturated rings. The van der Waals surface area contributed by atoms with Gasteiger partial charge >= 0.3 is 0 Å². The molecule has 3 rings (SSSR count). The van der Waals surface area contributed by atoms with Gasteiger partial charge in [0.05, 0.1) is 19.9 Å². The predicted octanol–water partition coefficient (Wildman–Crippen LogP) is 3.36. The van der Waals surface area contributed by atoms with Crippen molar-refractivity contribution < 1.29 is 18.1 Å². The van der Waals surface area contributed by atoms with Gasteiger partial charge in [-0.3, -0.25) is 14.9 Å². The monoisotopic (exact) mass is 457 g/mol. The number of hydrogen-bond donors (Lipinski definition) is 0. The Morgan fingerprint density at radius 2 is 1.72 bits per heavy atom. The van der Waals surface area contributed by atoms with Crippen molar-refractivity contribution in [2.75, 3.05) is 26.2 Å². The molecule has 0 atom stereocenters. The summed E-state index contributed by atoms with van der Waals surface area (Å²) in [7, 11) is -3.80. The zero-order valence-corrected chi connectivity index (χ0v) is 17.7. The highest BCUT2D eigenvalue weighted by Crippen LogP contribution is 2.28. The summed E-state index contributed by atoms with van der Waals surface area (Å²) in [6.45, 7) is 1.92. The van der Waals surface area contributed by atoms with E-state index in [0.717, 1.165) is 0 Å². The number of hydrogen-bond acceptors (Lipinski definition) is 5. The van der Waals surface area contributed by atoms with Gasteiger partial charge in [0.2, 0.25) is 10.0 Å². The summed E-state index contributed by atoms with van der Waals surface area (Å²) >= 11 is 11.8. The topological polar surface area (TPSA) is 101 Å². The van der Waals surface area contributed by atoms with Crippen LogP contribution < -0.4 is 0 Å². The van der Waals surface area contributed by atoms with E-state index < -0.39 is 20.9 Å². The molecule has 29 heavy (non-hydrogen) atoms. The zero-order chi connectivity index (χ0) is 21.3. The molecule has 1 aliphatic rings. The van der Waals surface area contributed by atoms with Crippen molar-refractivity contribution in [3.8, 4) is 0 Å². The molecule has 0 saturated carbocycles. The minimum atomic E-state index is -3.80. The van der Waals surface area contributed by atoms with E-state index in [0.29, 0.717) is 5.56 Å². The minimum Gasteiger partial charge on any atom is -0.336 e. The molecule has 1 amide bonds. The summed E-state index contributed by atoms with van der Waals surface area (Å²) in [5.41, 5.74) is 0.154. The predicted molar refractivity (Wildman–Crippen MR) is 109 cm³/mol. The number of nitrogens with zero attached hydrogens (tertiary/aromatic N) is 3. The highest BCUT2D eigenvalue weighted by Gasteiger charge is 2.33. The first-order valence-corrected chi connectivity index (χ1v) is 10.8. The molecule has 0 unspecified atom stereocenters. The Hall–Kier alpha value is -2.20. The van der Waals surface area contributed by atoms with Gasteiger partial charge in [-0.05, 0) is 31.2 Å². The van der Waals surface area contributed by atoms with Crippen LogP contribution in [0, 0.1) is 17.0 Å². The number of halogens is 2. The first-order chi connectivity index (χ1) is 13.6. The first kappa shape index (κ1) is 21.5. The third kappa shape index (κ3) is 4.23. The summed E-state index contributed by atoms with van der Waals surface area (Å²) in [6, 6.07) is 8.63. The molecule has 0 radical (unpaired) electrons. The molecule has 0 aromatic heterocycles. The summed E-state index contributed by atoms with van der Waals surface area (Å²) < 4.78 is 26.9. The lowest BCUT2D eigenvalue weighted by Crippen LogP contribution is -2.50. The lowest BCUT2D eigenvalue weighted by molar-refractivity contribution is -0.385. The fourth-order valence-electron chi connectivity index (χ4n) is 3.16. The van der Waals surface area contributed by atoms with Crippen molar-refractivity contribution in [2.24, 2.45) is 0 Å². The summed E-state index contributed by atoms with van der Waals surface area (Å²) in [6.07, 6.45) is 0. The van der Waals surface area contributed by atoms with Crippen LogP contribution in [-0.2, 0) is 10.0 Å². The van der Waals surface area contributed by atoms with E-state index in [9.17, 15) is 23.3 Å². The lowest BCUT2D eigenvalue weighted by Gasteiger charge is -2.34. The molecule has 2 aromatic rings. The van der Waals surface area contributed by atoms with Gasteiger partial charge < -0.3 is 4.90 Å². The van der Waals surface area contributed by atoms with Gasteiger partial charge in [0.1, 0.15) is 5.56 Å². The maximum Gasteiger partial charge on any atom is 0.285 e. The molecule has 2 aromatic carbocycles. The smallest absolute Gasteiger partial charge is 0.285 e. The number of rotatable bonds is 4. The Bertz CT molecular complexity index is 1080. The molecule has 154 valence electrons. The van der Waals surface area contributed by atoms with E-state index in [-0.39, 0.29) is 52.4 Å². The van der Waals surface area contributed by atoms with Gasteiger partial charge in [-0.25, -0.2) is 8.42 Å². The van der Waals surface area contributed by atoms with Gasteiger partial charge in [0, 0.05) is 31.7 Å². The third-order valence-electron chi connectivity index (χ3n) is 4.71. The molecule has 0 spiro atoms. The number of carbonyl (C=O) groups is 1. The number of benzene rings is 2. The Morgan fingerprint density at radius 1 is 1.07 bits per heavy atom. The SMILES string of the molecule is Cc1cccc(C(=O)N2CCN(S(=O)(=O)c3ccc(Cl)c(Cl)c3)CC2)c1[N+](=O)[O-]. The van der Waals surface area contributed by atoms with Gasteiger partial charge in [0.15, 0.2) is 0 Å². The lowest BCUT2D eigenvalue weighted by atomic mass is 10.1. The molecule has 8 nitrogen and oxygen atoms in total. The van der Waals surface area contributed by atoms with Crippen LogP contribution >= 0.6 is 23.2 Å². The van der Waals surface area contributed by atoms with E-state index in [1.165, 1.54) is 33.5 Å². The molecule has 0 aliphatic carbocycles. The fraction of sp³-hybridized carbons (Fsp3) is 0.278. The second-order valence-corrected chi connectivity index (χ2v) is 9.25. The summed E-state index contributed by atoms with van der Waals surface area (Å²) in [5.74, 6) is -0.494. The van der Waals surface area contributed by atoms with Crippen LogP contribution in [0.2, 0.25) is 10.0 Å². The zero-order valence-electron chi connectivity index (χ0n) is 15.3. The van der Waals surface area contributed by atoms with E-state index in [4.69, 9.17) is 23.2 Å². The van der Waals surface area contributed by atoms with Crippen molar-refractivity contribution in [1.82, 2.24) is 9.21 Å². The van der Waals surface area contributed by atoms with E-state index in [1.54, 1.807) is 19.1 Å². The van der Waals surface area contributed by atoms with Crippen LogP contribution in [-0.4, -0.2) is 54.6 Å². The number of carbonyl (C=O) groups excluding carboxylic acids is 1. The average Bonchev–Trinajstić information content (AvgIpc) is 2.69. The number of nitro groups is 1. The minimum absolute atomic E-state index is 0.00390. The van der Waals surface area contributed by atoms with Crippen LogP contribution in [0.25, 0.3) is 0 Å². The molecule has 0 N–H and O–H groups in total. The van der Waals surface area contributed by atoms with E-state index >= 15 is 0 Å². The van der Waals surface area contributed by atoms with Crippen LogP contribution in [0.3, 0.4) is 0 Å². The van der Waals surface area contributed by atoms with Crippen molar-refractivity contribution >= 4 is 44.8 Å². The fourth-order valence-corrected chi connectivity index (χ4v) is 4.97. The van der Waals surface area contributed by atoms with Gasteiger partial charge in [0.25, 0.3) is 11.6 Å². The Balaban J connectivity index is 1.77. The number of aryl methyl sites for hydroxylation is 1. The maximum atomic E-state index is 12.8. The highest BCUT2D eigenvalue weighted by atomic mass is 35.5. The number of amides is 1. The number of nitro benzene ring substituents is 1. The van der Waals surface area contributed by atoms with Crippen LogP contribution in [0.4, 0.5) is 5.69 Å². The van der Waals surface area contributed by atoms with E-state index in [1.807, 2.05) is 0 Å². The highest BCUT2D eigenvalue weighted by molar-refractivity contribution is 7.89. The van der Waals surface area contributed by atoms with Crippen LogP contribution in [0.15, 0.2) is 41.3 Å². The van der Waals surface area contributed by atoms with Crippen molar-refractivity contribution in [3.05, 3.63) is 67.7 Å². The Labute approximate surface area is 177 Å². The van der Waals surface area contributed by atoms with Gasteiger partial charge in [-0.15, -0.1) is 0 Å². The average molecular weight is 458 g/mol. The van der Waals surface area contributed by atoms with Crippen LogP contribution in [0.1, 0.15) is 15.9 Å². The Kier molecular flexibility index (Phi) is 6.13. The standard InChI is InChI=1S/C18H17Cl2N3O5S/c1-12-3-2-4-14(17(12)23(25)26)18(24)21-7-9-22(10-8-21)29(27,28)13-5-6-15(19)16(20)11-13/h2-6,11H,7-10H2,1H3. The second kappa shape index (κ2) is 8.27. The molecule has 1 saturated heterocycles. The van der Waals surface area contributed by atoms with Crippen LogP contribution in [0.5, 0.6) is 0 Å². The normalized spacial score (nSPS) is 15.3. The summed E-state index contributed by atoms with van der Waals surface area (Å²) in [4.78, 5) is 25.0. The molecule has 1 aliphatic heterocycles. The van der Waals surface area contributed by atoms with Crippen molar-refractivity contribution in [1.29, 1.82) is 0 Å². The Morgan fingerprint density at radius 3 is 2.31 bits per heavy atom. The quantitative estimate of drug-likeness (QED) is 0.517.